The maximum atomic E-state index is 11.3. The lowest BCUT2D eigenvalue weighted by Gasteiger charge is -2.09. The molecule has 0 spiro atoms. The largest absolute Gasteiger partial charge is 0.290 e. The lowest BCUT2D eigenvalue weighted by atomic mass is 9.96. The molecule has 5 heteroatoms. The van der Waals surface area contributed by atoms with Gasteiger partial charge in [0.1, 0.15) is 0 Å². The van der Waals surface area contributed by atoms with Crippen LogP contribution in [0.2, 0.25) is 0 Å². The molecule has 0 aliphatic heterocycles. The molecule has 0 bridgehead atoms. The summed E-state index contributed by atoms with van der Waals surface area (Å²) < 4.78 is 0. The molecule has 1 aliphatic rings. The van der Waals surface area contributed by atoms with Crippen molar-refractivity contribution in [2.45, 2.75) is 13.8 Å². The van der Waals surface area contributed by atoms with E-state index in [4.69, 9.17) is 5.53 Å². The Kier molecular flexibility index (Phi) is 2.30. The smallest absolute Gasteiger partial charge is 0.191 e. The average Bonchev–Trinajstić information content (AvgIpc) is 2.09. The summed E-state index contributed by atoms with van der Waals surface area (Å²) >= 11 is 0. The minimum atomic E-state index is -0.380. The highest BCUT2D eigenvalue weighted by atomic mass is 16.1. The Hall–Kier alpha value is -1.87. The maximum absolute atomic E-state index is 11.3. The van der Waals surface area contributed by atoms with E-state index in [0.717, 1.165) is 0 Å². The van der Waals surface area contributed by atoms with E-state index < -0.39 is 0 Å². The summed E-state index contributed by atoms with van der Waals surface area (Å²) in [5, 5.41) is 3.20. The molecular weight excluding hydrogens is 170 g/mol. The summed E-state index contributed by atoms with van der Waals surface area (Å²) in [6, 6.07) is 0. The molecule has 0 atom stereocenters. The highest BCUT2D eigenvalue weighted by Crippen LogP contribution is 2.19. The predicted molar refractivity (Wildman–Crippen MR) is 45.6 cm³/mol. The molecule has 0 aromatic rings. The van der Waals surface area contributed by atoms with Crippen molar-refractivity contribution in [1.82, 2.24) is 0 Å². The van der Waals surface area contributed by atoms with Crippen molar-refractivity contribution >= 4 is 11.6 Å². The first-order valence-corrected chi connectivity index (χ1v) is 3.61. The number of carbonyl (C=O) groups excluding carboxylic acids is 2. The normalized spacial score (nSPS) is 16.9. The Labute approximate surface area is 74.4 Å². The van der Waals surface area contributed by atoms with Crippen molar-refractivity contribution < 1.29 is 9.59 Å². The molecule has 0 aromatic carbocycles. The van der Waals surface area contributed by atoms with Crippen molar-refractivity contribution in [1.29, 1.82) is 0 Å². The minimum Gasteiger partial charge on any atom is -0.290 e. The number of hydrogen-bond donors (Lipinski definition) is 0. The fraction of sp³-hybridized carbons (Fsp3) is 0.250. The first kappa shape index (κ1) is 9.22. The van der Waals surface area contributed by atoms with Crippen molar-refractivity contribution in [3.8, 4) is 0 Å². The number of rotatable bonds is 1. The van der Waals surface area contributed by atoms with Crippen LogP contribution in [-0.4, -0.2) is 11.6 Å². The summed E-state index contributed by atoms with van der Waals surface area (Å²) in [6.07, 6.45) is 1.24. The predicted octanol–water partition coefficient (Wildman–Crippen LogP) is 1.67. The molecular formula is C8H7N3O2. The van der Waals surface area contributed by atoms with Crippen LogP contribution in [0.4, 0.5) is 0 Å². The molecule has 0 heterocycles. The SMILES string of the molecule is CC1=CC(=O)C(C)=C(N=[N+]=[N-])C1=O. The van der Waals surface area contributed by atoms with E-state index in [0.29, 0.717) is 5.57 Å². The second-order valence-corrected chi connectivity index (χ2v) is 2.68. The van der Waals surface area contributed by atoms with E-state index in [9.17, 15) is 9.59 Å². The monoisotopic (exact) mass is 177 g/mol. The first-order chi connectivity index (χ1) is 6.07. The standard InChI is InChI=1S/C8H7N3O2/c1-4-3-6(12)5(2)7(8(4)13)10-11-9/h3H,1-2H3. The van der Waals surface area contributed by atoms with Gasteiger partial charge in [-0.25, -0.2) is 0 Å². The van der Waals surface area contributed by atoms with Crippen LogP contribution < -0.4 is 0 Å². The molecule has 0 unspecified atom stereocenters. The third-order valence-electron chi connectivity index (χ3n) is 1.79. The number of Topliss-reactive ketones (excluding diaryl/α,β-unsaturated/α-hetero) is 1. The topological polar surface area (TPSA) is 82.9 Å². The van der Waals surface area contributed by atoms with Gasteiger partial charge in [0.2, 0.25) is 0 Å². The molecule has 0 radical (unpaired) electrons. The first-order valence-electron chi connectivity index (χ1n) is 3.61. The summed E-state index contributed by atoms with van der Waals surface area (Å²) in [7, 11) is 0. The second kappa shape index (κ2) is 3.25. The molecule has 0 saturated carbocycles. The van der Waals surface area contributed by atoms with Crippen LogP contribution in [0.15, 0.2) is 28.0 Å². The van der Waals surface area contributed by atoms with E-state index in [1.165, 1.54) is 19.9 Å². The molecule has 0 saturated heterocycles. The third-order valence-corrected chi connectivity index (χ3v) is 1.79. The number of azide groups is 1. The van der Waals surface area contributed by atoms with Gasteiger partial charge in [0.05, 0.1) is 5.70 Å². The van der Waals surface area contributed by atoms with E-state index in [1.54, 1.807) is 0 Å². The van der Waals surface area contributed by atoms with Crippen LogP contribution in [-0.2, 0) is 9.59 Å². The van der Waals surface area contributed by atoms with E-state index >= 15 is 0 Å². The van der Waals surface area contributed by atoms with Gasteiger partial charge in [0, 0.05) is 16.1 Å². The van der Waals surface area contributed by atoms with Crippen molar-refractivity contribution in [3.05, 3.63) is 33.4 Å². The molecule has 1 aliphatic carbocycles. The third kappa shape index (κ3) is 1.50. The molecule has 13 heavy (non-hydrogen) atoms. The van der Waals surface area contributed by atoms with Crippen LogP contribution in [0, 0.1) is 0 Å². The molecule has 0 amide bonds. The summed E-state index contributed by atoms with van der Waals surface area (Å²) in [5.41, 5.74) is 8.58. The van der Waals surface area contributed by atoms with Gasteiger partial charge in [-0.3, -0.25) is 9.59 Å². The zero-order valence-corrected chi connectivity index (χ0v) is 7.24. The van der Waals surface area contributed by atoms with Crippen LogP contribution in [0.25, 0.3) is 10.4 Å². The molecule has 0 N–H and O–H groups in total. The van der Waals surface area contributed by atoms with Gasteiger partial charge in [-0.1, -0.05) is 5.11 Å². The summed E-state index contributed by atoms with van der Waals surface area (Å²) in [6.45, 7) is 2.98. The number of ketones is 2. The van der Waals surface area contributed by atoms with E-state index in [1.807, 2.05) is 0 Å². The Morgan fingerprint density at radius 3 is 2.54 bits per heavy atom. The highest BCUT2D eigenvalue weighted by Gasteiger charge is 2.22. The van der Waals surface area contributed by atoms with Crippen molar-refractivity contribution in [3.63, 3.8) is 0 Å². The summed E-state index contributed by atoms with van der Waals surface area (Å²) in [5.74, 6) is -0.658. The van der Waals surface area contributed by atoms with E-state index in [2.05, 4.69) is 10.0 Å². The molecule has 1 rings (SSSR count). The van der Waals surface area contributed by atoms with Gasteiger partial charge in [-0.15, -0.1) is 0 Å². The maximum Gasteiger partial charge on any atom is 0.191 e. The van der Waals surface area contributed by atoms with Gasteiger partial charge in [-0.05, 0) is 25.5 Å². The van der Waals surface area contributed by atoms with Crippen LogP contribution in [0.3, 0.4) is 0 Å². The Morgan fingerprint density at radius 1 is 1.38 bits per heavy atom. The van der Waals surface area contributed by atoms with E-state index in [-0.39, 0.29) is 22.8 Å². The van der Waals surface area contributed by atoms with Crippen LogP contribution >= 0.6 is 0 Å². The number of nitrogens with zero attached hydrogens (tertiary/aromatic N) is 3. The van der Waals surface area contributed by atoms with Crippen LogP contribution in [0.1, 0.15) is 13.8 Å². The zero-order chi connectivity index (χ0) is 10.0. The fourth-order valence-corrected chi connectivity index (χ4v) is 1.01. The number of hydrogen-bond acceptors (Lipinski definition) is 3. The molecule has 5 nitrogen and oxygen atoms in total. The Morgan fingerprint density at radius 2 is 2.00 bits per heavy atom. The molecule has 0 aromatic heterocycles. The second-order valence-electron chi connectivity index (χ2n) is 2.68. The van der Waals surface area contributed by atoms with Gasteiger partial charge < -0.3 is 0 Å². The molecule has 0 fully saturated rings. The highest BCUT2D eigenvalue weighted by molar-refractivity contribution is 6.22. The van der Waals surface area contributed by atoms with Crippen molar-refractivity contribution in [2.75, 3.05) is 0 Å². The van der Waals surface area contributed by atoms with Crippen LogP contribution in [0.5, 0.6) is 0 Å². The zero-order valence-electron chi connectivity index (χ0n) is 7.24. The Balaban J connectivity index is 3.30. The number of carbonyl (C=O) groups is 2. The van der Waals surface area contributed by atoms with Gasteiger partial charge in [0.25, 0.3) is 0 Å². The average molecular weight is 177 g/mol. The lowest BCUT2D eigenvalue weighted by Crippen LogP contribution is -2.15. The molecule has 66 valence electrons. The quantitative estimate of drug-likeness (QED) is 0.264. The summed E-state index contributed by atoms with van der Waals surface area (Å²) in [4.78, 5) is 25.0. The Bertz CT molecular complexity index is 398. The van der Waals surface area contributed by atoms with Gasteiger partial charge in [-0.2, -0.15) is 0 Å². The van der Waals surface area contributed by atoms with Gasteiger partial charge in [0.15, 0.2) is 11.6 Å². The lowest BCUT2D eigenvalue weighted by molar-refractivity contribution is -0.115. The van der Waals surface area contributed by atoms with Crippen molar-refractivity contribution in [2.24, 2.45) is 5.11 Å². The minimum absolute atomic E-state index is 0.0903. The number of allylic oxidation sites excluding steroid dienone is 3. The fourth-order valence-electron chi connectivity index (χ4n) is 1.01. The van der Waals surface area contributed by atoms with Gasteiger partial charge >= 0.3 is 0 Å².